The van der Waals surface area contributed by atoms with E-state index in [0.29, 0.717) is 0 Å². The molecule has 0 unspecified atom stereocenters. The quantitative estimate of drug-likeness (QED) is 0.678. The molecule has 1 aromatic rings. The molecule has 0 fully saturated rings. The molecule has 0 aromatic heterocycles. The Kier molecular flexibility index (Phi) is 3.48. The molecule has 1 aliphatic heterocycles. The molecular formula is C12H7BrFNO4. The maximum atomic E-state index is 13.2. The summed E-state index contributed by atoms with van der Waals surface area (Å²) in [7, 11) is 0. The summed E-state index contributed by atoms with van der Waals surface area (Å²) in [6.45, 7) is -0.0753. The van der Waals surface area contributed by atoms with Crippen molar-refractivity contribution in [3.05, 3.63) is 40.1 Å². The summed E-state index contributed by atoms with van der Waals surface area (Å²) >= 11 is 3.09. The number of Topliss-reactive ketones (excluding diaryl/α,β-unsaturated/α-hetero) is 1. The first-order valence-corrected chi connectivity index (χ1v) is 5.96. The van der Waals surface area contributed by atoms with Gasteiger partial charge in [0.25, 0.3) is 11.7 Å². The largest absolute Gasteiger partial charge is 0.478 e. The SMILES string of the molecule is O=C(O)C=CCN1C(=O)C(=O)c2cc(F)cc(Br)c21. The van der Waals surface area contributed by atoms with Crippen molar-refractivity contribution >= 4 is 39.3 Å². The summed E-state index contributed by atoms with van der Waals surface area (Å²) in [5, 5.41) is 8.48. The minimum absolute atomic E-state index is 0.0272. The van der Waals surface area contributed by atoms with Crippen LogP contribution in [0.3, 0.4) is 0 Å². The normalized spacial score (nSPS) is 14.3. The van der Waals surface area contributed by atoms with Crippen molar-refractivity contribution in [2.24, 2.45) is 0 Å². The second-order valence-electron chi connectivity index (χ2n) is 3.77. The molecule has 0 saturated heterocycles. The van der Waals surface area contributed by atoms with E-state index in [1.165, 1.54) is 6.08 Å². The molecule has 98 valence electrons. The predicted octanol–water partition coefficient (Wildman–Crippen LogP) is 1.76. The topological polar surface area (TPSA) is 74.7 Å². The zero-order chi connectivity index (χ0) is 14.2. The minimum atomic E-state index is -1.16. The van der Waals surface area contributed by atoms with Crippen LogP contribution in [0.25, 0.3) is 0 Å². The van der Waals surface area contributed by atoms with Crippen LogP contribution in [0, 0.1) is 5.82 Å². The lowest BCUT2D eigenvalue weighted by atomic mass is 10.1. The molecule has 5 nitrogen and oxygen atoms in total. The number of halogens is 2. The van der Waals surface area contributed by atoms with E-state index in [1.807, 2.05) is 0 Å². The first-order chi connectivity index (χ1) is 8.91. The van der Waals surface area contributed by atoms with E-state index in [2.05, 4.69) is 15.9 Å². The zero-order valence-electron chi connectivity index (χ0n) is 9.39. The van der Waals surface area contributed by atoms with Crippen LogP contribution in [-0.2, 0) is 9.59 Å². The fourth-order valence-electron chi connectivity index (χ4n) is 1.79. The standard InChI is InChI=1S/C12H7BrFNO4/c13-8-5-6(14)4-7-10(8)15(12(19)11(7)18)3-1-2-9(16)17/h1-2,4-5H,3H2,(H,16,17). The Morgan fingerprint density at radius 1 is 1.42 bits per heavy atom. The lowest BCUT2D eigenvalue weighted by Crippen LogP contribution is -2.30. The van der Waals surface area contributed by atoms with E-state index in [-0.39, 0.29) is 22.3 Å². The lowest BCUT2D eigenvalue weighted by molar-refractivity contribution is -0.131. The lowest BCUT2D eigenvalue weighted by Gasteiger charge is -2.15. The van der Waals surface area contributed by atoms with Crippen molar-refractivity contribution < 1.29 is 23.9 Å². The van der Waals surface area contributed by atoms with Gasteiger partial charge in [-0.15, -0.1) is 0 Å². The van der Waals surface area contributed by atoms with Gasteiger partial charge < -0.3 is 5.11 Å². The maximum Gasteiger partial charge on any atom is 0.328 e. The van der Waals surface area contributed by atoms with Gasteiger partial charge in [0.2, 0.25) is 0 Å². The Morgan fingerprint density at radius 3 is 2.74 bits per heavy atom. The van der Waals surface area contributed by atoms with E-state index in [1.54, 1.807) is 0 Å². The molecular weight excluding hydrogens is 321 g/mol. The Labute approximate surface area is 115 Å². The second-order valence-corrected chi connectivity index (χ2v) is 4.62. The van der Waals surface area contributed by atoms with Gasteiger partial charge in [-0.05, 0) is 28.1 Å². The van der Waals surface area contributed by atoms with Crippen LogP contribution in [0.5, 0.6) is 0 Å². The summed E-state index contributed by atoms with van der Waals surface area (Å²) < 4.78 is 13.5. The number of amides is 1. The van der Waals surface area contributed by atoms with Crippen molar-refractivity contribution in [1.82, 2.24) is 0 Å². The number of aliphatic carboxylic acids is 1. The summed E-state index contributed by atoms with van der Waals surface area (Å²) in [4.78, 5) is 34.9. The predicted molar refractivity (Wildman–Crippen MR) is 67.6 cm³/mol. The van der Waals surface area contributed by atoms with Gasteiger partial charge in [0.15, 0.2) is 0 Å². The highest BCUT2D eigenvalue weighted by Crippen LogP contribution is 2.36. The zero-order valence-corrected chi connectivity index (χ0v) is 11.0. The van der Waals surface area contributed by atoms with Gasteiger partial charge in [0.05, 0.1) is 11.3 Å². The molecule has 0 radical (unpaired) electrons. The Bertz CT molecular complexity index is 626. The van der Waals surface area contributed by atoms with Gasteiger partial charge in [-0.2, -0.15) is 0 Å². The first kappa shape index (κ1) is 13.4. The third-order valence-electron chi connectivity index (χ3n) is 2.53. The van der Waals surface area contributed by atoms with Crippen molar-refractivity contribution in [2.75, 3.05) is 11.4 Å². The van der Waals surface area contributed by atoms with E-state index in [0.717, 1.165) is 23.1 Å². The van der Waals surface area contributed by atoms with Crippen molar-refractivity contribution in [3.8, 4) is 0 Å². The summed E-state index contributed by atoms with van der Waals surface area (Å²) in [6, 6.07) is 2.12. The van der Waals surface area contributed by atoms with Crippen LogP contribution in [0.1, 0.15) is 10.4 Å². The van der Waals surface area contributed by atoms with Crippen molar-refractivity contribution in [1.29, 1.82) is 0 Å². The highest BCUT2D eigenvalue weighted by molar-refractivity contribution is 9.10. The molecule has 0 aliphatic carbocycles. The smallest absolute Gasteiger partial charge is 0.328 e. The number of carbonyl (C=O) groups excluding carboxylic acids is 2. The third kappa shape index (κ3) is 2.41. The van der Waals surface area contributed by atoms with Crippen LogP contribution >= 0.6 is 15.9 Å². The van der Waals surface area contributed by atoms with Gasteiger partial charge in [0, 0.05) is 17.1 Å². The van der Waals surface area contributed by atoms with Crippen LogP contribution in [0.4, 0.5) is 10.1 Å². The molecule has 1 heterocycles. The first-order valence-electron chi connectivity index (χ1n) is 5.16. The number of fused-ring (bicyclic) bond motifs is 1. The van der Waals surface area contributed by atoms with Crippen molar-refractivity contribution in [3.63, 3.8) is 0 Å². The fourth-order valence-corrected chi connectivity index (χ4v) is 2.43. The molecule has 0 bridgehead atoms. The number of hydrogen-bond donors (Lipinski definition) is 1. The molecule has 1 N–H and O–H groups in total. The number of anilines is 1. The van der Waals surface area contributed by atoms with E-state index < -0.39 is 23.5 Å². The highest BCUT2D eigenvalue weighted by Gasteiger charge is 2.37. The van der Waals surface area contributed by atoms with Gasteiger partial charge in [-0.3, -0.25) is 14.5 Å². The number of carboxylic acids is 1. The number of benzene rings is 1. The van der Waals surface area contributed by atoms with Gasteiger partial charge >= 0.3 is 5.97 Å². The molecule has 1 aromatic carbocycles. The van der Waals surface area contributed by atoms with Crippen LogP contribution in [-0.4, -0.2) is 29.3 Å². The molecule has 1 aliphatic rings. The molecule has 0 saturated carbocycles. The number of hydrogen-bond acceptors (Lipinski definition) is 3. The summed E-state index contributed by atoms with van der Waals surface area (Å²) in [6.07, 6.45) is 2.10. The molecule has 0 spiro atoms. The Balaban J connectivity index is 2.41. The molecule has 2 rings (SSSR count). The van der Waals surface area contributed by atoms with Crippen molar-refractivity contribution in [2.45, 2.75) is 0 Å². The molecule has 0 atom stereocenters. The molecule has 19 heavy (non-hydrogen) atoms. The Morgan fingerprint density at radius 2 is 2.11 bits per heavy atom. The average molecular weight is 328 g/mol. The maximum absolute atomic E-state index is 13.2. The van der Waals surface area contributed by atoms with Crippen LogP contribution < -0.4 is 4.90 Å². The molecule has 7 heteroatoms. The van der Waals surface area contributed by atoms with Gasteiger partial charge in [-0.1, -0.05) is 6.08 Å². The number of rotatable bonds is 3. The number of nitrogens with zero attached hydrogens (tertiary/aromatic N) is 1. The highest BCUT2D eigenvalue weighted by atomic mass is 79.9. The van der Waals surface area contributed by atoms with Gasteiger partial charge in [-0.25, -0.2) is 9.18 Å². The van der Waals surface area contributed by atoms with E-state index in [9.17, 15) is 18.8 Å². The van der Waals surface area contributed by atoms with Crippen LogP contribution in [0.15, 0.2) is 28.8 Å². The monoisotopic (exact) mass is 327 g/mol. The number of ketones is 1. The Hall–Kier alpha value is -2.02. The number of carboxylic acid groups (broad SMARTS) is 1. The van der Waals surface area contributed by atoms with Crippen LogP contribution in [0.2, 0.25) is 0 Å². The molecule has 1 amide bonds. The fraction of sp³-hybridized carbons (Fsp3) is 0.0833. The van der Waals surface area contributed by atoms with E-state index in [4.69, 9.17) is 5.11 Å². The second kappa shape index (κ2) is 4.93. The summed E-state index contributed by atoms with van der Waals surface area (Å²) in [5.74, 6) is -3.40. The average Bonchev–Trinajstić information content (AvgIpc) is 2.54. The third-order valence-corrected chi connectivity index (χ3v) is 3.14. The number of carbonyl (C=O) groups is 3. The van der Waals surface area contributed by atoms with Gasteiger partial charge in [0.1, 0.15) is 5.82 Å². The minimum Gasteiger partial charge on any atom is -0.478 e. The summed E-state index contributed by atoms with van der Waals surface area (Å²) in [5.41, 5.74) is 0.229. The van der Waals surface area contributed by atoms with E-state index >= 15 is 0 Å².